The molecule has 0 fully saturated rings. The lowest BCUT2D eigenvalue weighted by Gasteiger charge is -1.98. The van der Waals surface area contributed by atoms with Crippen molar-refractivity contribution in [3.05, 3.63) is 40.6 Å². The van der Waals surface area contributed by atoms with Crippen LogP contribution in [0.3, 0.4) is 0 Å². The Morgan fingerprint density at radius 2 is 1.88 bits per heavy atom. The van der Waals surface area contributed by atoms with Gasteiger partial charge in [-0.2, -0.15) is 0 Å². The van der Waals surface area contributed by atoms with Crippen LogP contribution in [-0.2, 0) is 6.42 Å². The van der Waals surface area contributed by atoms with Crippen LogP contribution in [0.25, 0.3) is 16.8 Å². The first-order valence-corrected chi connectivity index (χ1v) is 7.31. The summed E-state index contributed by atoms with van der Waals surface area (Å²) in [4.78, 5) is 2.86. The monoisotopic (exact) mass is 244 g/mol. The van der Waals surface area contributed by atoms with Gasteiger partial charge in [-0.05, 0) is 23.6 Å². The number of aryl methyl sites for hydroxylation is 1. The van der Waals surface area contributed by atoms with Crippen molar-refractivity contribution < 1.29 is 0 Å². The summed E-state index contributed by atoms with van der Waals surface area (Å²) >= 11 is 1.91. The van der Waals surface area contributed by atoms with E-state index in [1.165, 1.54) is 52.6 Å². The smallest absolute Gasteiger partial charge is 0.0346 e. The predicted octanol–water partition coefficient (Wildman–Crippen LogP) is 5.67. The third-order valence-electron chi connectivity index (χ3n) is 3.17. The summed E-state index contributed by atoms with van der Waals surface area (Å²) in [6.45, 7) is 6.17. The fourth-order valence-corrected chi connectivity index (χ4v) is 3.40. The molecule has 0 aliphatic heterocycles. The molecule has 90 valence electrons. The molecule has 1 aromatic carbocycles. The van der Waals surface area contributed by atoms with Crippen LogP contribution in [-0.4, -0.2) is 0 Å². The van der Waals surface area contributed by atoms with Crippen molar-refractivity contribution in [1.82, 2.24) is 0 Å². The topological polar surface area (TPSA) is 0 Å². The molecule has 2 rings (SSSR count). The Labute approximate surface area is 108 Å². The summed E-state index contributed by atoms with van der Waals surface area (Å²) in [6.07, 6.45) is 8.55. The third-order valence-corrected chi connectivity index (χ3v) is 4.45. The third kappa shape index (κ3) is 2.78. The molecule has 1 heterocycles. The van der Waals surface area contributed by atoms with Gasteiger partial charge in [0.05, 0.1) is 0 Å². The van der Waals surface area contributed by atoms with Crippen molar-refractivity contribution in [3.8, 4) is 0 Å². The van der Waals surface area contributed by atoms with E-state index >= 15 is 0 Å². The largest absolute Gasteiger partial charge is 0.140 e. The summed E-state index contributed by atoms with van der Waals surface area (Å²) < 4.78 is 0. The maximum absolute atomic E-state index is 3.91. The molecule has 0 nitrogen and oxygen atoms in total. The summed E-state index contributed by atoms with van der Waals surface area (Å²) in [5.41, 5.74) is 0. The molecule has 17 heavy (non-hydrogen) atoms. The second-order valence-corrected chi connectivity index (χ2v) is 5.59. The lowest BCUT2D eigenvalue weighted by atomic mass is 10.1. The van der Waals surface area contributed by atoms with Crippen molar-refractivity contribution >= 4 is 28.2 Å². The van der Waals surface area contributed by atoms with Crippen molar-refractivity contribution in [2.75, 3.05) is 0 Å². The fraction of sp³-hybridized carbons (Fsp3) is 0.375. The summed E-state index contributed by atoms with van der Waals surface area (Å²) in [5.74, 6) is 0. The molecular weight excluding hydrogens is 224 g/mol. The molecule has 1 aromatic heterocycles. The molecule has 1 heteroatoms. The van der Waals surface area contributed by atoms with Gasteiger partial charge in [-0.25, -0.2) is 0 Å². The molecule has 0 unspecified atom stereocenters. The van der Waals surface area contributed by atoms with E-state index in [1.54, 1.807) is 0 Å². The Kier molecular flexibility index (Phi) is 4.38. The lowest BCUT2D eigenvalue weighted by Crippen LogP contribution is -1.82. The maximum Gasteiger partial charge on any atom is 0.0346 e. The van der Waals surface area contributed by atoms with E-state index in [1.807, 2.05) is 17.4 Å². The van der Waals surface area contributed by atoms with E-state index in [9.17, 15) is 0 Å². The minimum absolute atomic E-state index is 1.22. The average Bonchev–Trinajstić information content (AvgIpc) is 2.73. The van der Waals surface area contributed by atoms with Crippen LogP contribution in [0.15, 0.2) is 30.8 Å². The molecule has 0 atom stereocenters. The van der Waals surface area contributed by atoms with Gasteiger partial charge in [-0.15, -0.1) is 11.3 Å². The summed E-state index contributed by atoms with van der Waals surface area (Å²) in [6, 6.07) is 8.70. The minimum Gasteiger partial charge on any atom is -0.140 e. The molecule has 0 bridgehead atoms. The fourth-order valence-electron chi connectivity index (χ4n) is 2.23. The molecule has 0 saturated heterocycles. The summed E-state index contributed by atoms with van der Waals surface area (Å²) in [5, 5.41) is 2.81. The van der Waals surface area contributed by atoms with Crippen LogP contribution in [0.4, 0.5) is 0 Å². The molecule has 0 N–H and O–H groups in total. The Morgan fingerprint density at radius 1 is 1.12 bits per heavy atom. The quantitative estimate of drug-likeness (QED) is 0.574. The van der Waals surface area contributed by atoms with Crippen LogP contribution >= 0.6 is 11.3 Å². The molecule has 0 amide bonds. The molecule has 0 radical (unpaired) electrons. The van der Waals surface area contributed by atoms with Gasteiger partial charge in [0.2, 0.25) is 0 Å². The standard InChI is InChI=1S/C16H20S/c1-3-5-6-7-12-16-14-11-9-8-10-13(14)15(4-2)17-16/h4,8-11H,2-3,5-7,12H2,1H3. The first-order chi connectivity index (χ1) is 8.36. The van der Waals surface area contributed by atoms with E-state index in [0.717, 1.165) is 0 Å². The zero-order valence-corrected chi connectivity index (χ0v) is 11.4. The summed E-state index contributed by atoms with van der Waals surface area (Å²) in [7, 11) is 0. The van der Waals surface area contributed by atoms with Crippen LogP contribution in [0.1, 0.15) is 42.4 Å². The van der Waals surface area contributed by atoms with Gasteiger partial charge in [0, 0.05) is 9.75 Å². The van der Waals surface area contributed by atoms with Crippen LogP contribution in [0.2, 0.25) is 0 Å². The maximum atomic E-state index is 3.91. The zero-order valence-electron chi connectivity index (χ0n) is 10.5. The van der Waals surface area contributed by atoms with E-state index in [0.29, 0.717) is 0 Å². The van der Waals surface area contributed by atoms with Crippen LogP contribution in [0, 0.1) is 0 Å². The number of hydrogen-bond donors (Lipinski definition) is 0. The number of benzene rings is 1. The van der Waals surface area contributed by atoms with Crippen molar-refractivity contribution in [3.63, 3.8) is 0 Å². The zero-order chi connectivity index (χ0) is 12.1. The molecule has 2 aromatic rings. The van der Waals surface area contributed by atoms with Gasteiger partial charge in [0.15, 0.2) is 0 Å². The number of fused-ring (bicyclic) bond motifs is 1. The Bertz CT molecular complexity index is 493. The average molecular weight is 244 g/mol. The van der Waals surface area contributed by atoms with E-state index < -0.39 is 0 Å². The Hall–Kier alpha value is -1.08. The highest BCUT2D eigenvalue weighted by atomic mass is 32.1. The van der Waals surface area contributed by atoms with Crippen LogP contribution in [0.5, 0.6) is 0 Å². The SMILES string of the molecule is C=Cc1sc(CCCCCC)c2ccccc12. The van der Waals surface area contributed by atoms with E-state index in [2.05, 4.69) is 37.8 Å². The molecule has 0 spiro atoms. The van der Waals surface area contributed by atoms with Gasteiger partial charge in [0.1, 0.15) is 0 Å². The lowest BCUT2D eigenvalue weighted by molar-refractivity contribution is 0.671. The van der Waals surface area contributed by atoms with Gasteiger partial charge in [-0.1, -0.05) is 63.1 Å². The van der Waals surface area contributed by atoms with E-state index in [4.69, 9.17) is 0 Å². The first kappa shape index (κ1) is 12.4. The van der Waals surface area contributed by atoms with Gasteiger partial charge in [-0.3, -0.25) is 0 Å². The first-order valence-electron chi connectivity index (χ1n) is 6.49. The predicted molar refractivity (Wildman–Crippen MR) is 79.8 cm³/mol. The molecule has 0 saturated carbocycles. The van der Waals surface area contributed by atoms with Gasteiger partial charge in [0.25, 0.3) is 0 Å². The highest BCUT2D eigenvalue weighted by Gasteiger charge is 2.07. The normalized spacial score (nSPS) is 10.9. The molecule has 0 aliphatic carbocycles. The second-order valence-electron chi connectivity index (χ2n) is 4.45. The number of unbranched alkanes of at least 4 members (excludes halogenated alkanes) is 3. The highest BCUT2D eigenvalue weighted by molar-refractivity contribution is 7.14. The Balaban J connectivity index is 2.19. The van der Waals surface area contributed by atoms with Crippen molar-refractivity contribution in [2.45, 2.75) is 39.0 Å². The number of hydrogen-bond acceptors (Lipinski definition) is 1. The van der Waals surface area contributed by atoms with Crippen molar-refractivity contribution in [2.24, 2.45) is 0 Å². The molecular formula is C16H20S. The molecule has 0 aliphatic rings. The van der Waals surface area contributed by atoms with Gasteiger partial charge >= 0.3 is 0 Å². The minimum atomic E-state index is 1.22. The number of rotatable bonds is 6. The number of thiophene rings is 1. The van der Waals surface area contributed by atoms with Crippen LogP contribution < -0.4 is 0 Å². The van der Waals surface area contributed by atoms with Crippen molar-refractivity contribution in [1.29, 1.82) is 0 Å². The van der Waals surface area contributed by atoms with E-state index in [-0.39, 0.29) is 0 Å². The Morgan fingerprint density at radius 3 is 2.59 bits per heavy atom. The van der Waals surface area contributed by atoms with Gasteiger partial charge < -0.3 is 0 Å². The second kappa shape index (κ2) is 6.02. The highest BCUT2D eigenvalue weighted by Crippen LogP contribution is 2.33.